The van der Waals surface area contributed by atoms with Crippen LogP contribution in [0.3, 0.4) is 0 Å². The number of carbonyl (C=O) groups is 1. The Morgan fingerprint density at radius 2 is 1.83 bits per heavy atom. The molecule has 0 spiro atoms. The maximum absolute atomic E-state index is 13.0. The maximum Gasteiger partial charge on any atom is 0.272 e. The van der Waals surface area contributed by atoms with Crippen LogP contribution in [0.2, 0.25) is 0 Å². The van der Waals surface area contributed by atoms with Crippen molar-refractivity contribution in [2.45, 2.75) is 39.8 Å². The minimum absolute atomic E-state index is 0.0123. The van der Waals surface area contributed by atoms with Gasteiger partial charge in [0.1, 0.15) is 12.3 Å². The molecule has 0 aliphatic heterocycles. The number of rotatable bonds is 9. The van der Waals surface area contributed by atoms with Gasteiger partial charge in [0.15, 0.2) is 18.1 Å². The first-order valence-corrected chi connectivity index (χ1v) is 10.8. The summed E-state index contributed by atoms with van der Waals surface area (Å²) in [5.41, 5.74) is 0.537. The van der Waals surface area contributed by atoms with E-state index in [-0.39, 0.29) is 30.6 Å². The maximum atomic E-state index is 13.0. The lowest BCUT2D eigenvalue weighted by Crippen LogP contribution is -2.47. The third kappa shape index (κ3) is 6.05. The molecular weight excluding hydrogens is 456 g/mol. The summed E-state index contributed by atoms with van der Waals surface area (Å²) in [6.07, 6.45) is 0. The Hall–Kier alpha value is -4.15. The third-order valence-electron chi connectivity index (χ3n) is 5.24. The second-order valence-corrected chi connectivity index (χ2v) is 8.73. The molecule has 0 aliphatic carbocycles. The summed E-state index contributed by atoms with van der Waals surface area (Å²) in [6, 6.07) is 9.60. The van der Waals surface area contributed by atoms with Gasteiger partial charge in [-0.15, -0.1) is 0 Å². The summed E-state index contributed by atoms with van der Waals surface area (Å²) in [5.74, 6) is 1.77. The van der Waals surface area contributed by atoms with E-state index in [9.17, 15) is 14.9 Å². The molecule has 186 valence electrons. The van der Waals surface area contributed by atoms with Gasteiger partial charge in [-0.05, 0) is 58.0 Å². The van der Waals surface area contributed by atoms with Gasteiger partial charge in [0.2, 0.25) is 11.7 Å². The van der Waals surface area contributed by atoms with Gasteiger partial charge >= 0.3 is 0 Å². The minimum atomic E-state index is -0.566. The Bertz CT molecular complexity index is 1220. The van der Waals surface area contributed by atoms with Crippen LogP contribution in [0.25, 0.3) is 11.4 Å². The van der Waals surface area contributed by atoms with E-state index in [0.29, 0.717) is 34.2 Å². The average molecular weight is 485 g/mol. The Morgan fingerprint density at radius 3 is 2.43 bits per heavy atom. The molecule has 0 bridgehead atoms. The zero-order valence-corrected chi connectivity index (χ0v) is 20.5. The van der Waals surface area contributed by atoms with E-state index in [1.807, 2.05) is 20.8 Å². The van der Waals surface area contributed by atoms with Crippen LogP contribution in [0.1, 0.15) is 32.2 Å². The first-order valence-electron chi connectivity index (χ1n) is 10.8. The van der Waals surface area contributed by atoms with Gasteiger partial charge in [0.25, 0.3) is 11.6 Å². The molecule has 0 aliphatic rings. The van der Waals surface area contributed by atoms with Gasteiger partial charge in [0.05, 0.1) is 19.1 Å². The van der Waals surface area contributed by atoms with Crippen molar-refractivity contribution in [1.82, 2.24) is 15.0 Å². The number of nitro benzene ring substituents is 1. The molecule has 0 radical (unpaired) electrons. The number of carbonyl (C=O) groups excluding carboxylic acids is 1. The fourth-order valence-corrected chi connectivity index (χ4v) is 3.39. The van der Waals surface area contributed by atoms with Crippen molar-refractivity contribution in [1.29, 1.82) is 0 Å². The lowest BCUT2D eigenvalue weighted by Gasteiger charge is -2.34. The first-order chi connectivity index (χ1) is 16.5. The van der Waals surface area contributed by atoms with E-state index in [2.05, 4.69) is 10.1 Å². The van der Waals surface area contributed by atoms with E-state index in [1.165, 1.54) is 25.3 Å². The second-order valence-electron chi connectivity index (χ2n) is 8.73. The number of benzene rings is 2. The lowest BCUT2D eigenvalue weighted by atomic mass is 10.1. The molecule has 1 heterocycles. The largest absolute Gasteiger partial charge is 0.493 e. The molecule has 0 fully saturated rings. The van der Waals surface area contributed by atoms with E-state index in [1.54, 1.807) is 37.1 Å². The van der Waals surface area contributed by atoms with Crippen molar-refractivity contribution in [3.8, 4) is 28.6 Å². The van der Waals surface area contributed by atoms with E-state index >= 15 is 0 Å². The molecule has 1 amide bonds. The van der Waals surface area contributed by atoms with Crippen LogP contribution in [0.15, 0.2) is 40.9 Å². The summed E-state index contributed by atoms with van der Waals surface area (Å²) in [4.78, 5) is 29.6. The SMILES string of the molecule is COc1ccc(-c2noc(CN(C(=O)COc3ccc([N+](=O)[O-])c(C)c3)C(C)(C)C)n2)cc1OC. The normalized spacial score (nSPS) is 11.1. The Kier molecular flexibility index (Phi) is 7.58. The van der Waals surface area contributed by atoms with Crippen LogP contribution in [-0.4, -0.2) is 52.2 Å². The minimum Gasteiger partial charge on any atom is -0.493 e. The summed E-state index contributed by atoms with van der Waals surface area (Å²) < 4.78 is 21.6. The first kappa shape index (κ1) is 25.5. The average Bonchev–Trinajstić information content (AvgIpc) is 3.28. The van der Waals surface area contributed by atoms with E-state index in [0.717, 1.165) is 0 Å². The predicted molar refractivity (Wildman–Crippen MR) is 126 cm³/mol. The van der Waals surface area contributed by atoms with Crippen molar-refractivity contribution < 1.29 is 28.5 Å². The molecule has 11 nitrogen and oxygen atoms in total. The lowest BCUT2D eigenvalue weighted by molar-refractivity contribution is -0.385. The van der Waals surface area contributed by atoms with Crippen LogP contribution < -0.4 is 14.2 Å². The fourth-order valence-electron chi connectivity index (χ4n) is 3.39. The van der Waals surface area contributed by atoms with E-state index in [4.69, 9.17) is 18.7 Å². The predicted octanol–water partition coefficient (Wildman–Crippen LogP) is 4.18. The molecule has 0 saturated heterocycles. The molecule has 0 saturated carbocycles. The fraction of sp³-hybridized carbons (Fsp3) is 0.375. The Balaban J connectivity index is 1.73. The standard InChI is InChI=1S/C24H28N4O7/c1-15-11-17(8-9-18(15)28(30)31)34-14-22(29)27(24(2,3)4)13-21-25-23(26-35-21)16-7-10-19(32-5)20(12-16)33-6/h7-12H,13-14H2,1-6H3. The number of hydrogen-bond acceptors (Lipinski definition) is 9. The van der Waals surface area contributed by atoms with E-state index < -0.39 is 10.5 Å². The molecule has 11 heteroatoms. The van der Waals surface area contributed by atoms with Crippen molar-refractivity contribution in [3.63, 3.8) is 0 Å². The topological polar surface area (TPSA) is 130 Å². The molecular formula is C24H28N4O7. The van der Waals surface area contributed by atoms with Crippen LogP contribution >= 0.6 is 0 Å². The van der Waals surface area contributed by atoms with Gasteiger partial charge in [-0.25, -0.2) is 0 Å². The molecule has 35 heavy (non-hydrogen) atoms. The van der Waals surface area contributed by atoms with Gasteiger partial charge in [0, 0.05) is 22.7 Å². The quantitative estimate of drug-likeness (QED) is 0.324. The highest BCUT2D eigenvalue weighted by Crippen LogP contribution is 2.31. The Labute approximate surface area is 202 Å². The van der Waals surface area contributed by atoms with Crippen molar-refractivity contribution >= 4 is 11.6 Å². The zero-order chi connectivity index (χ0) is 25.8. The van der Waals surface area contributed by atoms with Crippen molar-refractivity contribution in [2.24, 2.45) is 0 Å². The van der Waals surface area contributed by atoms with Crippen molar-refractivity contribution in [3.05, 3.63) is 58.0 Å². The highest BCUT2D eigenvalue weighted by molar-refractivity contribution is 5.78. The highest BCUT2D eigenvalue weighted by Gasteiger charge is 2.29. The molecule has 3 rings (SSSR count). The number of methoxy groups -OCH3 is 2. The van der Waals surface area contributed by atoms with Gasteiger partial charge in [-0.3, -0.25) is 14.9 Å². The van der Waals surface area contributed by atoms with Gasteiger partial charge in [-0.2, -0.15) is 4.98 Å². The van der Waals surface area contributed by atoms with Crippen molar-refractivity contribution in [2.75, 3.05) is 20.8 Å². The van der Waals surface area contributed by atoms with Gasteiger partial charge < -0.3 is 23.6 Å². The monoisotopic (exact) mass is 484 g/mol. The summed E-state index contributed by atoms with van der Waals surface area (Å²) >= 11 is 0. The van der Waals surface area contributed by atoms with Crippen LogP contribution in [0, 0.1) is 17.0 Å². The summed E-state index contributed by atoms with van der Waals surface area (Å²) in [7, 11) is 3.09. The number of aryl methyl sites for hydroxylation is 1. The van der Waals surface area contributed by atoms with Gasteiger partial charge in [-0.1, -0.05) is 5.16 Å². The molecule has 0 unspecified atom stereocenters. The number of nitro groups is 1. The highest BCUT2D eigenvalue weighted by atomic mass is 16.6. The molecule has 2 aromatic carbocycles. The molecule has 1 aromatic heterocycles. The van der Waals surface area contributed by atoms with Crippen LogP contribution in [0.5, 0.6) is 17.2 Å². The number of ether oxygens (including phenoxy) is 3. The summed E-state index contributed by atoms with van der Waals surface area (Å²) in [5, 5.41) is 15.0. The number of hydrogen-bond donors (Lipinski definition) is 0. The van der Waals surface area contributed by atoms with Crippen LogP contribution in [-0.2, 0) is 11.3 Å². The number of nitrogens with zero attached hydrogens (tertiary/aromatic N) is 4. The number of aromatic nitrogens is 2. The third-order valence-corrected chi connectivity index (χ3v) is 5.24. The zero-order valence-electron chi connectivity index (χ0n) is 20.5. The molecule has 3 aromatic rings. The second kappa shape index (κ2) is 10.4. The van der Waals surface area contributed by atoms with Crippen LogP contribution in [0.4, 0.5) is 5.69 Å². The number of amides is 1. The smallest absolute Gasteiger partial charge is 0.272 e. The molecule has 0 N–H and O–H groups in total. The Morgan fingerprint density at radius 1 is 1.11 bits per heavy atom. The summed E-state index contributed by atoms with van der Waals surface area (Å²) in [6.45, 7) is 7.07. The molecule has 0 atom stereocenters.